The van der Waals surface area contributed by atoms with E-state index < -0.39 is 0 Å². The molecule has 1 aliphatic heterocycles. The lowest BCUT2D eigenvalue weighted by Gasteiger charge is -2.30. The number of aromatic nitrogens is 2. The van der Waals surface area contributed by atoms with Gasteiger partial charge in [0.1, 0.15) is 0 Å². The monoisotopic (exact) mass is 408 g/mol. The molecule has 8 heteroatoms. The van der Waals surface area contributed by atoms with E-state index in [9.17, 15) is 9.59 Å². The Kier molecular flexibility index (Phi) is 5.77. The van der Waals surface area contributed by atoms with Crippen LogP contribution in [-0.4, -0.2) is 39.6 Å². The second-order valence-corrected chi connectivity index (χ2v) is 7.71. The third-order valence-corrected chi connectivity index (χ3v) is 5.91. The number of aryl methyl sites for hydroxylation is 1. The molecule has 2 amide bonds. The highest BCUT2D eigenvalue weighted by molar-refractivity contribution is 6.42. The van der Waals surface area contributed by atoms with Gasteiger partial charge in [-0.3, -0.25) is 9.59 Å². The summed E-state index contributed by atoms with van der Waals surface area (Å²) in [7, 11) is 0. The number of carbonyl (C=O) groups excluding carboxylic acids is 2. The summed E-state index contributed by atoms with van der Waals surface area (Å²) in [5.41, 5.74) is 8.76. The van der Waals surface area contributed by atoms with Gasteiger partial charge in [0.25, 0.3) is 0 Å². The average Bonchev–Trinajstić information content (AvgIpc) is 2.92. The molecule has 0 bridgehead atoms. The molecule has 0 atom stereocenters. The van der Waals surface area contributed by atoms with Crippen molar-refractivity contribution in [1.82, 2.24) is 14.7 Å². The molecule has 144 valence electrons. The van der Waals surface area contributed by atoms with Gasteiger partial charge in [0, 0.05) is 30.3 Å². The summed E-state index contributed by atoms with van der Waals surface area (Å²) in [5, 5.41) is 5.51. The lowest BCUT2D eigenvalue weighted by atomic mass is 9.96. The summed E-state index contributed by atoms with van der Waals surface area (Å²) >= 11 is 12.1. The maximum atomic E-state index is 12.7. The quantitative estimate of drug-likeness (QED) is 0.843. The molecule has 1 saturated heterocycles. The minimum absolute atomic E-state index is 0.0396. The van der Waals surface area contributed by atoms with Crippen LogP contribution in [0.1, 0.15) is 29.8 Å². The summed E-state index contributed by atoms with van der Waals surface area (Å²) < 4.78 is 1.78. The van der Waals surface area contributed by atoms with Crippen LogP contribution >= 0.6 is 23.2 Å². The number of nitrogens with two attached hydrogens (primary N) is 1. The number of nitrogens with zero attached hydrogens (tertiary/aromatic N) is 3. The van der Waals surface area contributed by atoms with Crippen molar-refractivity contribution in [2.24, 2.45) is 11.7 Å². The topological polar surface area (TPSA) is 81.2 Å². The van der Waals surface area contributed by atoms with Crippen molar-refractivity contribution in [3.8, 4) is 5.69 Å². The first-order chi connectivity index (χ1) is 12.8. The molecule has 2 aromatic rings. The molecule has 1 aromatic heterocycles. The van der Waals surface area contributed by atoms with Crippen molar-refractivity contribution in [2.75, 3.05) is 13.1 Å². The predicted octanol–water partition coefficient (Wildman–Crippen LogP) is 3.06. The Bertz CT molecular complexity index is 886. The zero-order valence-corrected chi connectivity index (χ0v) is 16.8. The van der Waals surface area contributed by atoms with Gasteiger partial charge in [-0.05, 0) is 44.9 Å². The molecule has 2 N–H and O–H groups in total. The first-order valence-electron chi connectivity index (χ1n) is 8.85. The molecule has 1 fully saturated rings. The zero-order chi connectivity index (χ0) is 19.7. The molecule has 6 nitrogen and oxygen atoms in total. The summed E-state index contributed by atoms with van der Waals surface area (Å²) in [6, 6.07) is 5.32. The van der Waals surface area contributed by atoms with Crippen LogP contribution in [0.25, 0.3) is 5.69 Å². The van der Waals surface area contributed by atoms with Crippen LogP contribution in [0.15, 0.2) is 18.2 Å². The van der Waals surface area contributed by atoms with Crippen molar-refractivity contribution >= 4 is 35.0 Å². The van der Waals surface area contributed by atoms with Crippen molar-refractivity contribution in [1.29, 1.82) is 0 Å². The third kappa shape index (κ3) is 4.12. The minimum atomic E-state index is -0.281. The van der Waals surface area contributed by atoms with Crippen LogP contribution in [0.2, 0.25) is 10.0 Å². The standard InChI is InChI=1S/C19H22Cl2N4O2/c1-11-15(10-18(26)24-7-5-13(6-8-24)19(22)27)12(2)25(23-11)14-3-4-16(20)17(21)9-14/h3-4,9,13H,5-8,10H2,1-2H3,(H2,22,27). The first-order valence-corrected chi connectivity index (χ1v) is 9.61. The molecule has 0 radical (unpaired) electrons. The summed E-state index contributed by atoms with van der Waals surface area (Å²) in [5.74, 6) is -0.371. The van der Waals surface area contributed by atoms with Gasteiger partial charge in [-0.25, -0.2) is 4.68 Å². The van der Waals surface area contributed by atoms with Crippen LogP contribution in [-0.2, 0) is 16.0 Å². The molecule has 0 aliphatic carbocycles. The van der Waals surface area contributed by atoms with E-state index >= 15 is 0 Å². The Morgan fingerprint density at radius 3 is 2.44 bits per heavy atom. The molecule has 27 heavy (non-hydrogen) atoms. The van der Waals surface area contributed by atoms with Crippen LogP contribution in [0.4, 0.5) is 0 Å². The first kappa shape index (κ1) is 19.7. The SMILES string of the molecule is Cc1nn(-c2ccc(Cl)c(Cl)c2)c(C)c1CC(=O)N1CCC(C(N)=O)CC1. The van der Waals surface area contributed by atoms with E-state index in [0.29, 0.717) is 36.0 Å². The molecule has 1 aromatic carbocycles. The van der Waals surface area contributed by atoms with Crippen LogP contribution in [0, 0.1) is 19.8 Å². The largest absolute Gasteiger partial charge is 0.369 e. The van der Waals surface area contributed by atoms with Crippen LogP contribution in [0.3, 0.4) is 0 Å². The van der Waals surface area contributed by atoms with Gasteiger partial charge in [0.05, 0.1) is 27.8 Å². The van der Waals surface area contributed by atoms with Crippen LogP contribution < -0.4 is 5.73 Å². The molecular formula is C19H22Cl2N4O2. The predicted molar refractivity (Wildman–Crippen MR) is 105 cm³/mol. The number of primary amides is 1. The van der Waals surface area contributed by atoms with E-state index in [2.05, 4.69) is 5.10 Å². The van der Waals surface area contributed by atoms with E-state index in [1.165, 1.54) is 0 Å². The van der Waals surface area contributed by atoms with E-state index in [4.69, 9.17) is 28.9 Å². The number of piperidine rings is 1. The Balaban J connectivity index is 1.76. The van der Waals surface area contributed by atoms with Gasteiger partial charge in [0.15, 0.2) is 0 Å². The number of carbonyl (C=O) groups is 2. The normalized spacial score (nSPS) is 15.2. The number of hydrogen-bond acceptors (Lipinski definition) is 3. The number of hydrogen-bond donors (Lipinski definition) is 1. The molecule has 3 rings (SSSR count). The van der Waals surface area contributed by atoms with Gasteiger partial charge in [0.2, 0.25) is 11.8 Å². The smallest absolute Gasteiger partial charge is 0.227 e. The van der Waals surface area contributed by atoms with Crippen molar-refractivity contribution in [3.05, 3.63) is 45.2 Å². The van der Waals surface area contributed by atoms with E-state index in [1.807, 2.05) is 19.9 Å². The van der Waals surface area contributed by atoms with Crippen LogP contribution in [0.5, 0.6) is 0 Å². The maximum absolute atomic E-state index is 12.7. The summed E-state index contributed by atoms with van der Waals surface area (Å²) in [6.07, 6.45) is 1.53. The molecular weight excluding hydrogens is 387 g/mol. The highest BCUT2D eigenvalue weighted by Crippen LogP contribution is 2.27. The zero-order valence-electron chi connectivity index (χ0n) is 15.3. The number of rotatable bonds is 4. The van der Waals surface area contributed by atoms with Crippen molar-refractivity contribution in [2.45, 2.75) is 33.1 Å². The Hall–Kier alpha value is -2.05. The number of benzene rings is 1. The highest BCUT2D eigenvalue weighted by Gasteiger charge is 2.27. The molecule has 0 spiro atoms. The lowest BCUT2D eigenvalue weighted by molar-refractivity contribution is -0.134. The third-order valence-electron chi connectivity index (χ3n) is 5.17. The Labute approximate surface area is 168 Å². The fourth-order valence-corrected chi connectivity index (χ4v) is 3.77. The molecule has 1 aliphatic rings. The van der Waals surface area contributed by atoms with Crippen molar-refractivity contribution in [3.63, 3.8) is 0 Å². The average molecular weight is 409 g/mol. The lowest BCUT2D eigenvalue weighted by Crippen LogP contribution is -2.42. The minimum Gasteiger partial charge on any atom is -0.369 e. The van der Waals surface area contributed by atoms with E-state index in [-0.39, 0.29) is 24.2 Å². The second kappa shape index (κ2) is 7.90. The maximum Gasteiger partial charge on any atom is 0.227 e. The Morgan fingerprint density at radius 1 is 1.19 bits per heavy atom. The van der Waals surface area contributed by atoms with Gasteiger partial charge >= 0.3 is 0 Å². The fourth-order valence-electron chi connectivity index (χ4n) is 3.48. The van der Waals surface area contributed by atoms with E-state index in [0.717, 1.165) is 22.6 Å². The van der Waals surface area contributed by atoms with Gasteiger partial charge in [-0.15, -0.1) is 0 Å². The highest BCUT2D eigenvalue weighted by atomic mass is 35.5. The summed E-state index contributed by atoms with van der Waals surface area (Å²) in [4.78, 5) is 25.8. The number of likely N-dealkylation sites (tertiary alicyclic amines) is 1. The van der Waals surface area contributed by atoms with Gasteiger partial charge in [-0.1, -0.05) is 23.2 Å². The van der Waals surface area contributed by atoms with Gasteiger partial charge in [-0.2, -0.15) is 5.10 Å². The Morgan fingerprint density at radius 2 is 1.85 bits per heavy atom. The van der Waals surface area contributed by atoms with E-state index in [1.54, 1.807) is 21.7 Å². The molecule has 0 saturated carbocycles. The second-order valence-electron chi connectivity index (χ2n) is 6.89. The van der Waals surface area contributed by atoms with Crippen molar-refractivity contribution < 1.29 is 9.59 Å². The fraction of sp³-hybridized carbons (Fsp3) is 0.421. The number of halogens is 2. The van der Waals surface area contributed by atoms with Gasteiger partial charge < -0.3 is 10.6 Å². The number of amides is 2. The molecule has 2 heterocycles. The summed E-state index contributed by atoms with van der Waals surface area (Å²) in [6.45, 7) is 4.95. The molecule has 0 unspecified atom stereocenters.